The highest BCUT2D eigenvalue weighted by Crippen LogP contribution is 2.14. The molecule has 0 spiro atoms. The summed E-state index contributed by atoms with van der Waals surface area (Å²) >= 11 is 0. The quantitative estimate of drug-likeness (QED) is 0.747. The Hall–Kier alpha value is -1.62. The molecule has 3 heterocycles. The first-order valence-electron chi connectivity index (χ1n) is 5.03. The van der Waals surface area contributed by atoms with Crippen molar-refractivity contribution in [3.05, 3.63) is 29.4 Å². The number of fused-ring (bicyclic) bond motifs is 1. The van der Waals surface area contributed by atoms with Gasteiger partial charge in [0.05, 0.1) is 11.4 Å². The fourth-order valence-corrected chi connectivity index (χ4v) is 1.78. The van der Waals surface area contributed by atoms with Crippen LogP contribution in [0.25, 0.3) is 6.01 Å². The van der Waals surface area contributed by atoms with Crippen LogP contribution >= 0.6 is 0 Å². The van der Waals surface area contributed by atoms with E-state index in [-0.39, 0.29) is 0 Å². The summed E-state index contributed by atoms with van der Waals surface area (Å²) in [6, 6.07) is 0.543. The molecular formula is C10H12N4O. The van der Waals surface area contributed by atoms with Gasteiger partial charge in [-0.15, -0.1) is 0 Å². The van der Waals surface area contributed by atoms with E-state index in [1.807, 2.05) is 13.1 Å². The summed E-state index contributed by atoms with van der Waals surface area (Å²) in [4.78, 5) is 4.24. The van der Waals surface area contributed by atoms with Gasteiger partial charge in [-0.25, -0.2) is 0 Å². The molecule has 78 valence electrons. The first kappa shape index (κ1) is 8.67. The predicted octanol–water partition coefficient (Wildman–Crippen LogP) is 0.814. The number of oxazole rings is 1. The van der Waals surface area contributed by atoms with Gasteiger partial charge in [0.2, 0.25) is 0 Å². The van der Waals surface area contributed by atoms with Crippen molar-refractivity contribution in [2.24, 2.45) is 0 Å². The summed E-state index contributed by atoms with van der Waals surface area (Å²) in [6.07, 6.45) is 4.66. The molecule has 0 fully saturated rings. The van der Waals surface area contributed by atoms with Crippen molar-refractivity contribution in [2.75, 3.05) is 6.54 Å². The summed E-state index contributed by atoms with van der Waals surface area (Å²) in [5.74, 6) is 0. The zero-order chi connectivity index (χ0) is 10.3. The topological polar surface area (TPSA) is 55.9 Å². The molecule has 2 aromatic heterocycles. The number of hydrogen-bond donors (Lipinski definition) is 1. The Bertz CT molecular complexity index is 462. The molecule has 0 radical (unpaired) electrons. The molecule has 0 aliphatic carbocycles. The van der Waals surface area contributed by atoms with Crippen molar-refractivity contribution >= 4 is 0 Å². The number of nitrogens with zero attached hydrogens (tertiary/aromatic N) is 3. The third-order valence-electron chi connectivity index (χ3n) is 2.54. The standard InChI is InChI=1S/C10H12N4O/c1-7-6-15-10(12-7)14-5-8-2-3-11-4-9(8)13-14/h5-6,11H,2-4H2,1H3. The Morgan fingerprint density at radius 1 is 1.53 bits per heavy atom. The first-order chi connectivity index (χ1) is 7.33. The molecule has 15 heavy (non-hydrogen) atoms. The van der Waals surface area contributed by atoms with Gasteiger partial charge in [0.15, 0.2) is 0 Å². The second-order valence-corrected chi connectivity index (χ2v) is 3.74. The lowest BCUT2D eigenvalue weighted by atomic mass is 10.1. The minimum Gasteiger partial charge on any atom is -0.430 e. The molecule has 2 aromatic rings. The highest BCUT2D eigenvalue weighted by atomic mass is 16.4. The average Bonchev–Trinajstić information content (AvgIpc) is 2.82. The van der Waals surface area contributed by atoms with Gasteiger partial charge in [-0.3, -0.25) is 0 Å². The monoisotopic (exact) mass is 204 g/mol. The first-order valence-corrected chi connectivity index (χ1v) is 5.03. The van der Waals surface area contributed by atoms with Gasteiger partial charge in [0, 0.05) is 12.7 Å². The highest BCUT2D eigenvalue weighted by Gasteiger charge is 2.15. The van der Waals surface area contributed by atoms with E-state index < -0.39 is 0 Å². The predicted molar refractivity (Wildman–Crippen MR) is 53.8 cm³/mol. The van der Waals surface area contributed by atoms with Crippen LogP contribution in [-0.4, -0.2) is 21.3 Å². The molecule has 1 aliphatic rings. The zero-order valence-corrected chi connectivity index (χ0v) is 8.53. The number of rotatable bonds is 1. The molecule has 0 amide bonds. The Balaban J connectivity index is 2.02. The maximum Gasteiger partial charge on any atom is 0.322 e. The molecule has 1 N–H and O–H groups in total. The Labute approximate surface area is 87.1 Å². The molecule has 1 aliphatic heterocycles. The van der Waals surface area contributed by atoms with Crippen molar-refractivity contribution in [3.63, 3.8) is 0 Å². The van der Waals surface area contributed by atoms with Crippen LogP contribution in [-0.2, 0) is 13.0 Å². The molecule has 3 rings (SSSR count). The molecule has 5 heteroatoms. The van der Waals surface area contributed by atoms with E-state index >= 15 is 0 Å². The van der Waals surface area contributed by atoms with E-state index in [2.05, 4.69) is 15.4 Å². The lowest BCUT2D eigenvalue weighted by Crippen LogP contribution is -2.22. The number of nitrogens with one attached hydrogen (secondary N) is 1. The molecule has 0 unspecified atom stereocenters. The minimum absolute atomic E-state index is 0.543. The maximum atomic E-state index is 5.30. The van der Waals surface area contributed by atoms with Crippen LogP contribution in [0.2, 0.25) is 0 Å². The second-order valence-electron chi connectivity index (χ2n) is 3.74. The summed E-state index contributed by atoms with van der Waals surface area (Å²) < 4.78 is 7.01. The van der Waals surface area contributed by atoms with E-state index in [4.69, 9.17) is 4.42 Å². The fraction of sp³-hybridized carbons (Fsp3) is 0.400. The third-order valence-corrected chi connectivity index (χ3v) is 2.54. The van der Waals surface area contributed by atoms with Crippen LogP contribution in [0.3, 0.4) is 0 Å². The van der Waals surface area contributed by atoms with Crippen molar-refractivity contribution in [1.29, 1.82) is 0 Å². The van der Waals surface area contributed by atoms with Crippen LogP contribution < -0.4 is 5.32 Å². The van der Waals surface area contributed by atoms with Crippen LogP contribution in [0.4, 0.5) is 0 Å². The summed E-state index contributed by atoms with van der Waals surface area (Å²) in [6.45, 7) is 3.75. The second kappa shape index (κ2) is 3.20. The summed E-state index contributed by atoms with van der Waals surface area (Å²) in [7, 11) is 0. The largest absolute Gasteiger partial charge is 0.430 e. The Morgan fingerprint density at radius 3 is 3.20 bits per heavy atom. The molecule has 0 saturated heterocycles. The van der Waals surface area contributed by atoms with E-state index in [1.165, 1.54) is 5.56 Å². The van der Waals surface area contributed by atoms with Crippen molar-refractivity contribution in [2.45, 2.75) is 19.9 Å². The van der Waals surface area contributed by atoms with Crippen LogP contribution in [0, 0.1) is 6.92 Å². The van der Waals surface area contributed by atoms with Crippen molar-refractivity contribution < 1.29 is 4.42 Å². The molecule has 0 bridgehead atoms. The van der Waals surface area contributed by atoms with Gasteiger partial charge in [0.25, 0.3) is 0 Å². The van der Waals surface area contributed by atoms with Gasteiger partial charge < -0.3 is 9.73 Å². The molecule has 0 saturated carbocycles. The van der Waals surface area contributed by atoms with E-state index in [9.17, 15) is 0 Å². The lowest BCUT2D eigenvalue weighted by molar-refractivity contribution is 0.507. The lowest BCUT2D eigenvalue weighted by Gasteiger charge is -2.09. The maximum absolute atomic E-state index is 5.30. The van der Waals surface area contributed by atoms with E-state index in [1.54, 1.807) is 10.9 Å². The van der Waals surface area contributed by atoms with Gasteiger partial charge in [-0.1, -0.05) is 0 Å². The van der Waals surface area contributed by atoms with Crippen molar-refractivity contribution in [3.8, 4) is 6.01 Å². The SMILES string of the molecule is Cc1coc(-n2cc3c(n2)CNCC3)n1. The minimum atomic E-state index is 0.543. The number of aryl methyl sites for hydroxylation is 1. The zero-order valence-electron chi connectivity index (χ0n) is 8.53. The van der Waals surface area contributed by atoms with Gasteiger partial charge in [-0.2, -0.15) is 14.8 Å². The van der Waals surface area contributed by atoms with Crippen LogP contribution in [0.1, 0.15) is 17.0 Å². The normalized spacial score (nSPS) is 15.3. The van der Waals surface area contributed by atoms with Gasteiger partial charge >= 0.3 is 6.01 Å². The van der Waals surface area contributed by atoms with Crippen LogP contribution in [0.5, 0.6) is 0 Å². The molecule has 0 atom stereocenters. The fourth-order valence-electron chi connectivity index (χ4n) is 1.78. The molecule has 5 nitrogen and oxygen atoms in total. The highest BCUT2D eigenvalue weighted by molar-refractivity contribution is 5.23. The molecule has 0 aromatic carbocycles. The Morgan fingerprint density at radius 2 is 2.47 bits per heavy atom. The van der Waals surface area contributed by atoms with E-state index in [0.717, 1.165) is 30.9 Å². The number of aromatic nitrogens is 3. The van der Waals surface area contributed by atoms with Crippen molar-refractivity contribution in [1.82, 2.24) is 20.1 Å². The van der Waals surface area contributed by atoms with E-state index in [0.29, 0.717) is 6.01 Å². The Kier molecular flexibility index (Phi) is 1.85. The number of hydrogen-bond acceptors (Lipinski definition) is 4. The average molecular weight is 204 g/mol. The summed E-state index contributed by atoms with van der Waals surface area (Å²) in [5, 5.41) is 7.72. The van der Waals surface area contributed by atoms with Crippen LogP contribution in [0.15, 0.2) is 16.9 Å². The van der Waals surface area contributed by atoms with Gasteiger partial charge in [-0.05, 0) is 25.5 Å². The molecular weight excluding hydrogens is 192 g/mol. The smallest absolute Gasteiger partial charge is 0.322 e. The van der Waals surface area contributed by atoms with Gasteiger partial charge in [0.1, 0.15) is 6.26 Å². The summed E-state index contributed by atoms with van der Waals surface area (Å²) in [5.41, 5.74) is 3.25. The third kappa shape index (κ3) is 1.45.